The Balaban J connectivity index is 1.05. The lowest BCUT2D eigenvalue weighted by atomic mass is 9.62. The number of para-hydroxylation sites is 4. The van der Waals surface area contributed by atoms with Gasteiger partial charge in [0.25, 0.3) is 0 Å². The molecule has 0 amide bonds. The fourth-order valence-corrected chi connectivity index (χ4v) is 9.17. The Morgan fingerprint density at radius 2 is 0.895 bits per heavy atom. The van der Waals surface area contributed by atoms with Crippen molar-refractivity contribution in [1.82, 2.24) is 14.5 Å². The summed E-state index contributed by atoms with van der Waals surface area (Å²) in [5.41, 5.74) is 15.9. The maximum atomic E-state index is 4.21. The molecule has 0 radical (unpaired) electrons. The molecular formula is C53H36N4. The van der Waals surface area contributed by atoms with E-state index < -0.39 is 5.41 Å². The molecule has 1 aliphatic rings. The fraction of sp³-hybridized carbons (Fsp3) is 0.0189. The molecule has 0 N–H and O–H groups in total. The van der Waals surface area contributed by atoms with E-state index in [0.717, 1.165) is 22.5 Å². The van der Waals surface area contributed by atoms with E-state index in [0.29, 0.717) is 0 Å². The summed E-state index contributed by atoms with van der Waals surface area (Å²) >= 11 is 0. The Labute approximate surface area is 331 Å². The van der Waals surface area contributed by atoms with Gasteiger partial charge in [-0.2, -0.15) is 0 Å². The summed E-state index contributed by atoms with van der Waals surface area (Å²) in [5.74, 6) is 0. The van der Waals surface area contributed by atoms with Crippen LogP contribution < -0.4 is 4.90 Å². The third-order valence-corrected chi connectivity index (χ3v) is 11.7. The first-order chi connectivity index (χ1) is 28.3. The van der Waals surface area contributed by atoms with Crippen molar-refractivity contribution in [2.75, 3.05) is 4.90 Å². The van der Waals surface area contributed by atoms with Gasteiger partial charge in [-0.3, -0.25) is 0 Å². The highest BCUT2D eigenvalue weighted by Gasteiger charge is 2.46. The van der Waals surface area contributed by atoms with Crippen LogP contribution in [-0.2, 0) is 5.41 Å². The number of anilines is 3. The lowest BCUT2D eigenvalue weighted by molar-refractivity contribution is 0.731. The molecule has 0 atom stereocenters. The highest BCUT2D eigenvalue weighted by Crippen LogP contribution is 2.57. The summed E-state index contributed by atoms with van der Waals surface area (Å²) in [6.07, 6.45) is 5.27. The molecule has 4 heteroatoms. The smallest absolute Gasteiger partial charge is 0.115 e. The van der Waals surface area contributed by atoms with Crippen LogP contribution in [-0.4, -0.2) is 14.5 Å². The molecule has 0 saturated carbocycles. The molecule has 10 aromatic rings. The second-order valence-electron chi connectivity index (χ2n) is 14.7. The molecule has 0 unspecified atom stereocenters. The monoisotopic (exact) mass is 728 g/mol. The average molecular weight is 729 g/mol. The molecule has 0 saturated heterocycles. The van der Waals surface area contributed by atoms with E-state index in [4.69, 9.17) is 0 Å². The molecule has 1 aliphatic heterocycles. The topological polar surface area (TPSA) is 34.0 Å². The van der Waals surface area contributed by atoms with E-state index in [-0.39, 0.29) is 0 Å². The zero-order valence-corrected chi connectivity index (χ0v) is 31.1. The predicted molar refractivity (Wildman–Crippen MR) is 234 cm³/mol. The minimum absolute atomic E-state index is 0.543. The standard InChI is InChI=1S/C53H36N4/c1-3-13-41(14-4-1)53(47-18-8-11-21-51(47)57(43-15-5-2-6-16-43)52-22-12-9-19-48(52)53)42-28-23-37(24-29-42)39-27-32-50-46(33-39)45-17-7-10-20-49(45)56(50)44-30-25-38(26-31-44)40-34-54-36-55-35-40/h1-36H. The van der Waals surface area contributed by atoms with Crippen molar-refractivity contribution in [3.63, 3.8) is 0 Å². The molecule has 4 nitrogen and oxygen atoms in total. The van der Waals surface area contributed by atoms with Crippen LogP contribution in [0.4, 0.5) is 17.1 Å². The van der Waals surface area contributed by atoms with Crippen molar-refractivity contribution in [2.45, 2.75) is 5.41 Å². The van der Waals surface area contributed by atoms with Crippen molar-refractivity contribution in [3.8, 4) is 27.9 Å². The number of benzene rings is 8. The summed E-state index contributed by atoms with van der Waals surface area (Å²) in [7, 11) is 0. The number of hydrogen-bond acceptors (Lipinski definition) is 3. The van der Waals surface area contributed by atoms with E-state index in [1.165, 1.54) is 66.6 Å². The van der Waals surface area contributed by atoms with Crippen LogP contribution in [0, 0.1) is 0 Å². The number of aromatic nitrogens is 3. The summed E-state index contributed by atoms with van der Waals surface area (Å²) in [5, 5.41) is 2.46. The SMILES string of the molecule is c1ccc(N2c3ccccc3C(c3ccccc3)(c3ccc(-c4ccc5c(c4)c4ccccc4n5-c4ccc(-c5cncnc5)cc4)cc3)c3ccccc32)cc1. The molecular weight excluding hydrogens is 693 g/mol. The van der Waals surface area contributed by atoms with Crippen LogP contribution in [0.3, 0.4) is 0 Å². The van der Waals surface area contributed by atoms with Gasteiger partial charge in [-0.05, 0) is 93.5 Å². The zero-order valence-electron chi connectivity index (χ0n) is 31.1. The second kappa shape index (κ2) is 13.3. The number of rotatable bonds is 6. The third kappa shape index (κ3) is 5.15. The molecule has 0 bridgehead atoms. The molecule has 0 fully saturated rings. The van der Waals surface area contributed by atoms with Crippen molar-refractivity contribution in [2.24, 2.45) is 0 Å². The van der Waals surface area contributed by atoms with Gasteiger partial charge in [0.15, 0.2) is 0 Å². The first-order valence-corrected chi connectivity index (χ1v) is 19.4. The first kappa shape index (κ1) is 32.8. The van der Waals surface area contributed by atoms with Crippen LogP contribution in [0.2, 0.25) is 0 Å². The maximum absolute atomic E-state index is 4.21. The van der Waals surface area contributed by atoms with Gasteiger partial charge in [-0.25, -0.2) is 9.97 Å². The van der Waals surface area contributed by atoms with E-state index in [1.54, 1.807) is 6.33 Å². The lowest BCUT2D eigenvalue weighted by Crippen LogP contribution is -2.37. The second-order valence-corrected chi connectivity index (χ2v) is 14.7. The van der Waals surface area contributed by atoms with E-state index in [9.17, 15) is 0 Å². The van der Waals surface area contributed by atoms with Gasteiger partial charge >= 0.3 is 0 Å². The quantitative estimate of drug-likeness (QED) is 0.171. The van der Waals surface area contributed by atoms with Gasteiger partial charge in [0.1, 0.15) is 6.33 Å². The van der Waals surface area contributed by atoms with Crippen molar-refractivity contribution >= 4 is 38.9 Å². The van der Waals surface area contributed by atoms with Gasteiger partial charge < -0.3 is 9.47 Å². The summed E-state index contributed by atoms with van der Waals surface area (Å²) < 4.78 is 2.36. The molecule has 0 spiro atoms. The number of nitrogens with zero attached hydrogens (tertiary/aromatic N) is 4. The van der Waals surface area contributed by atoms with E-state index in [1.807, 2.05) is 12.4 Å². The third-order valence-electron chi connectivity index (χ3n) is 11.7. The highest BCUT2D eigenvalue weighted by atomic mass is 15.2. The summed E-state index contributed by atoms with van der Waals surface area (Å²) in [4.78, 5) is 10.8. The van der Waals surface area contributed by atoms with Gasteiger partial charge in [-0.1, -0.05) is 146 Å². The average Bonchev–Trinajstić information content (AvgIpc) is 3.63. The van der Waals surface area contributed by atoms with Gasteiger partial charge in [0.05, 0.1) is 27.8 Å². The molecule has 0 aliphatic carbocycles. The highest BCUT2D eigenvalue weighted by molar-refractivity contribution is 6.10. The molecule has 268 valence electrons. The van der Waals surface area contributed by atoms with Gasteiger partial charge in [-0.15, -0.1) is 0 Å². The Bertz CT molecular complexity index is 3000. The first-order valence-electron chi connectivity index (χ1n) is 19.4. The van der Waals surface area contributed by atoms with Gasteiger partial charge in [0.2, 0.25) is 0 Å². The van der Waals surface area contributed by atoms with Gasteiger partial charge in [0, 0.05) is 40.1 Å². The summed E-state index contributed by atoms with van der Waals surface area (Å²) in [6.45, 7) is 0. The Morgan fingerprint density at radius 1 is 0.368 bits per heavy atom. The van der Waals surface area contributed by atoms with Crippen LogP contribution in [0.5, 0.6) is 0 Å². The normalized spacial score (nSPS) is 13.0. The van der Waals surface area contributed by atoms with Crippen molar-refractivity contribution in [1.29, 1.82) is 0 Å². The van der Waals surface area contributed by atoms with Crippen LogP contribution >= 0.6 is 0 Å². The molecule has 3 heterocycles. The van der Waals surface area contributed by atoms with E-state index >= 15 is 0 Å². The van der Waals surface area contributed by atoms with E-state index in [2.05, 4.69) is 220 Å². The zero-order chi connectivity index (χ0) is 37.8. The van der Waals surface area contributed by atoms with Crippen molar-refractivity contribution < 1.29 is 0 Å². The number of hydrogen-bond donors (Lipinski definition) is 0. The Kier molecular flexibility index (Phi) is 7.68. The fourth-order valence-electron chi connectivity index (χ4n) is 9.17. The minimum Gasteiger partial charge on any atom is -0.310 e. The van der Waals surface area contributed by atoms with Crippen LogP contribution in [0.15, 0.2) is 219 Å². The molecule has 8 aromatic carbocycles. The molecule has 57 heavy (non-hydrogen) atoms. The van der Waals surface area contributed by atoms with Crippen molar-refractivity contribution in [3.05, 3.63) is 241 Å². The molecule has 2 aromatic heterocycles. The largest absolute Gasteiger partial charge is 0.310 e. The number of fused-ring (bicyclic) bond motifs is 5. The maximum Gasteiger partial charge on any atom is 0.115 e. The lowest BCUT2D eigenvalue weighted by Gasteiger charge is -2.46. The van der Waals surface area contributed by atoms with Crippen LogP contribution in [0.1, 0.15) is 22.3 Å². The summed E-state index contributed by atoms with van der Waals surface area (Å²) in [6, 6.07) is 73.1. The predicted octanol–water partition coefficient (Wildman–Crippen LogP) is 13.1. The Hall–Kier alpha value is -7.56. The molecule has 11 rings (SSSR count). The van der Waals surface area contributed by atoms with Crippen LogP contribution in [0.25, 0.3) is 49.7 Å². The minimum atomic E-state index is -0.543. The Morgan fingerprint density at radius 3 is 1.60 bits per heavy atom.